The molecule has 4 N–H and O–H groups in total. The number of amides is 1. The Kier molecular flexibility index (Phi) is 4.47. The fraction of sp³-hybridized carbons (Fsp3) is 0.333. The van der Waals surface area contributed by atoms with Gasteiger partial charge in [0.1, 0.15) is 0 Å². The van der Waals surface area contributed by atoms with E-state index >= 15 is 0 Å². The van der Waals surface area contributed by atoms with Crippen molar-refractivity contribution < 1.29 is 9.53 Å². The normalized spacial score (nSPS) is 18.1. The van der Waals surface area contributed by atoms with Gasteiger partial charge in [-0.15, -0.1) is 0 Å². The molecule has 7 heteroatoms. The number of benzene rings is 1. The van der Waals surface area contributed by atoms with E-state index in [0.29, 0.717) is 37.5 Å². The molecule has 0 bridgehead atoms. The second-order valence-corrected chi connectivity index (χ2v) is 7.40. The maximum atomic E-state index is 12.7. The van der Waals surface area contributed by atoms with E-state index in [0.717, 1.165) is 28.1 Å². The van der Waals surface area contributed by atoms with Crippen molar-refractivity contribution in [1.82, 2.24) is 4.98 Å². The number of amidine groups is 2. The molecule has 1 aromatic heterocycles. The number of aryl methyl sites for hydroxylation is 1. The third kappa shape index (κ3) is 2.97. The number of hydrogen-bond acceptors (Lipinski definition) is 4. The lowest BCUT2D eigenvalue weighted by Gasteiger charge is -2.30. The number of anilines is 1. The molecule has 1 aromatic carbocycles. The van der Waals surface area contributed by atoms with Gasteiger partial charge in [0.05, 0.1) is 22.6 Å². The smallest absolute Gasteiger partial charge is 0.236 e. The van der Waals surface area contributed by atoms with Gasteiger partial charge < -0.3 is 15.8 Å². The number of carbonyl (C=O) groups excluding carboxylic acids is 1. The number of nitrogens with two attached hydrogens (primary N) is 1. The molecule has 0 radical (unpaired) electrons. The average Bonchev–Trinajstić information content (AvgIpc) is 2.93. The Balaban J connectivity index is 1.74. The molecule has 2 aliphatic heterocycles. The summed E-state index contributed by atoms with van der Waals surface area (Å²) in [5.41, 5.74) is 10.2. The third-order valence-electron chi connectivity index (χ3n) is 5.48. The zero-order valence-corrected chi connectivity index (χ0v) is 16.0. The molecule has 2 aromatic rings. The lowest BCUT2D eigenvalue weighted by molar-refractivity contribution is -0.124. The van der Waals surface area contributed by atoms with Gasteiger partial charge >= 0.3 is 0 Å². The van der Waals surface area contributed by atoms with Gasteiger partial charge in [0.15, 0.2) is 5.84 Å². The van der Waals surface area contributed by atoms with Crippen LogP contribution in [0.3, 0.4) is 0 Å². The van der Waals surface area contributed by atoms with Crippen LogP contribution < -0.4 is 11.1 Å². The first kappa shape index (κ1) is 18.3. The largest absolute Gasteiger partial charge is 0.387 e. The molecule has 3 heterocycles. The summed E-state index contributed by atoms with van der Waals surface area (Å²) < 4.78 is 5.44. The molecule has 4 rings (SSSR count). The number of aliphatic imine (C=N–C) groups is 1. The van der Waals surface area contributed by atoms with Crippen molar-refractivity contribution in [2.45, 2.75) is 32.1 Å². The Bertz CT molecular complexity index is 1000. The Labute approximate surface area is 163 Å². The molecule has 1 spiro atoms. The van der Waals surface area contributed by atoms with Crippen molar-refractivity contribution in [2.75, 3.05) is 18.5 Å². The van der Waals surface area contributed by atoms with Gasteiger partial charge in [-0.1, -0.05) is 12.1 Å². The van der Waals surface area contributed by atoms with E-state index in [1.165, 1.54) is 0 Å². The zero-order chi connectivity index (χ0) is 19.9. The molecule has 2 aliphatic rings. The first-order valence-electron chi connectivity index (χ1n) is 9.31. The van der Waals surface area contributed by atoms with Crippen molar-refractivity contribution in [1.29, 1.82) is 5.41 Å². The number of carbonyl (C=O) groups is 1. The van der Waals surface area contributed by atoms with Crippen LogP contribution >= 0.6 is 0 Å². The number of hydrogen-bond donors (Lipinski definition) is 3. The number of pyridine rings is 1. The van der Waals surface area contributed by atoms with E-state index in [4.69, 9.17) is 15.9 Å². The minimum Gasteiger partial charge on any atom is -0.387 e. The number of fused-ring (bicyclic) bond motifs is 2. The lowest BCUT2D eigenvalue weighted by Crippen LogP contribution is -2.40. The molecule has 0 aliphatic carbocycles. The van der Waals surface area contributed by atoms with Crippen LogP contribution in [0.4, 0.5) is 5.69 Å². The van der Waals surface area contributed by atoms with Crippen LogP contribution in [0.5, 0.6) is 0 Å². The summed E-state index contributed by atoms with van der Waals surface area (Å²) in [5, 5.41) is 11.1. The molecule has 0 unspecified atom stereocenters. The van der Waals surface area contributed by atoms with Crippen LogP contribution in [-0.4, -0.2) is 35.8 Å². The topological polar surface area (TPSA) is 113 Å². The van der Waals surface area contributed by atoms with Gasteiger partial charge in [0.25, 0.3) is 0 Å². The van der Waals surface area contributed by atoms with E-state index in [9.17, 15) is 4.79 Å². The average molecular weight is 377 g/mol. The van der Waals surface area contributed by atoms with Crippen molar-refractivity contribution >= 4 is 23.3 Å². The molecule has 7 nitrogen and oxygen atoms in total. The minimum atomic E-state index is -0.571. The second kappa shape index (κ2) is 6.83. The van der Waals surface area contributed by atoms with Crippen LogP contribution in [0.25, 0.3) is 11.1 Å². The highest BCUT2D eigenvalue weighted by Crippen LogP contribution is 2.44. The van der Waals surface area contributed by atoms with Crippen molar-refractivity contribution in [3.8, 4) is 11.1 Å². The van der Waals surface area contributed by atoms with Crippen LogP contribution in [0.15, 0.2) is 35.5 Å². The second-order valence-electron chi connectivity index (χ2n) is 7.40. The maximum absolute atomic E-state index is 12.7. The summed E-state index contributed by atoms with van der Waals surface area (Å²) in [4.78, 5) is 21.4. The zero-order valence-electron chi connectivity index (χ0n) is 16.0. The van der Waals surface area contributed by atoms with E-state index in [1.54, 1.807) is 6.92 Å². The predicted molar refractivity (Wildman–Crippen MR) is 109 cm³/mol. The predicted octanol–water partition coefficient (Wildman–Crippen LogP) is 2.76. The van der Waals surface area contributed by atoms with Crippen molar-refractivity contribution in [2.24, 2.45) is 10.7 Å². The van der Waals surface area contributed by atoms with E-state index in [-0.39, 0.29) is 11.7 Å². The lowest BCUT2D eigenvalue weighted by atomic mass is 9.78. The molecule has 1 saturated heterocycles. The summed E-state index contributed by atoms with van der Waals surface area (Å²) in [6.45, 7) is 4.80. The van der Waals surface area contributed by atoms with Crippen molar-refractivity contribution in [3.05, 3.63) is 47.3 Å². The molecule has 144 valence electrons. The highest BCUT2D eigenvalue weighted by Gasteiger charge is 2.49. The molecule has 0 saturated carbocycles. The highest BCUT2D eigenvalue weighted by atomic mass is 16.5. The summed E-state index contributed by atoms with van der Waals surface area (Å²) in [5.74, 6) is 0.469. The molecule has 1 fully saturated rings. The summed E-state index contributed by atoms with van der Waals surface area (Å²) in [6.07, 6.45) is 3.12. The van der Waals surface area contributed by atoms with Gasteiger partial charge in [-0.05, 0) is 49.9 Å². The fourth-order valence-corrected chi connectivity index (χ4v) is 3.94. The summed E-state index contributed by atoms with van der Waals surface area (Å²) in [7, 11) is 0. The number of ether oxygens (including phenoxy) is 1. The Morgan fingerprint density at radius 2 is 2.07 bits per heavy atom. The Morgan fingerprint density at radius 1 is 1.32 bits per heavy atom. The summed E-state index contributed by atoms with van der Waals surface area (Å²) in [6, 6.07) is 7.69. The maximum Gasteiger partial charge on any atom is 0.236 e. The molecular formula is C21H23N5O2. The number of rotatable bonds is 2. The number of nitrogens with zero attached hydrogens (tertiary/aromatic N) is 2. The van der Waals surface area contributed by atoms with Gasteiger partial charge in [0.2, 0.25) is 5.91 Å². The van der Waals surface area contributed by atoms with Gasteiger partial charge in [-0.2, -0.15) is 0 Å². The van der Waals surface area contributed by atoms with E-state index in [2.05, 4.69) is 15.3 Å². The number of nitrogens with one attached hydrogen (secondary N) is 2. The Morgan fingerprint density at radius 3 is 2.79 bits per heavy atom. The molecular weight excluding hydrogens is 354 g/mol. The van der Waals surface area contributed by atoms with Crippen LogP contribution in [0, 0.1) is 12.3 Å². The van der Waals surface area contributed by atoms with Gasteiger partial charge in [-0.25, -0.2) is 4.99 Å². The molecule has 28 heavy (non-hydrogen) atoms. The first-order valence-corrected chi connectivity index (χ1v) is 9.31. The minimum absolute atomic E-state index is 0.00968. The standard InChI is InChI=1S/C21H23N5O2/c1-12-3-4-14(19(23)25-13(2)22)9-16(12)15-10-17-18(24-11-15)21(20(27)26-17)5-7-28-8-6-21/h3-4,9-11H,5-8H2,1-2H3,(H,26,27)(H3,22,23,25). The van der Waals surface area contributed by atoms with E-state index < -0.39 is 5.41 Å². The Hall–Kier alpha value is -3.06. The summed E-state index contributed by atoms with van der Waals surface area (Å²) >= 11 is 0. The van der Waals surface area contributed by atoms with Gasteiger partial charge in [-0.3, -0.25) is 15.2 Å². The quantitative estimate of drug-likeness (QED) is 0.551. The number of aromatic nitrogens is 1. The van der Waals surface area contributed by atoms with Crippen LogP contribution in [-0.2, 0) is 14.9 Å². The monoisotopic (exact) mass is 377 g/mol. The SMILES string of the molecule is CC(N)=NC(=N)c1ccc(C)c(-c2cnc3c(c2)NC(=O)C32CCOCC2)c1. The van der Waals surface area contributed by atoms with Crippen molar-refractivity contribution in [3.63, 3.8) is 0 Å². The highest BCUT2D eigenvalue weighted by molar-refractivity contribution is 6.07. The fourth-order valence-electron chi connectivity index (χ4n) is 3.94. The van der Waals surface area contributed by atoms with Crippen LogP contribution in [0.2, 0.25) is 0 Å². The third-order valence-corrected chi connectivity index (χ3v) is 5.48. The molecule has 0 atom stereocenters. The first-order chi connectivity index (χ1) is 13.4. The van der Waals surface area contributed by atoms with E-state index in [1.807, 2.05) is 37.4 Å². The van der Waals surface area contributed by atoms with Gasteiger partial charge in [0, 0.05) is 30.5 Å². The molecule has 1 amide bonds. The van der Waals surface area contributed by atoms with Crippen LogP contribution in [0.1, 0.15) is 36.6 Å².